The monoisotopic (exact) mass is 472 g/mol. The van der Waals surface area contributed by atoms with Gasteiger partial charge in [0.1, 0.15) is 0 Å². The fourth-order valence-corrected chi connectivity index (χ4v) is 3.60. The summed E-state index contributed by atoms with van der Waals surface area (Å²) in [4.78, 5) is 16.4. The molecule has 3 aromatic rings. The molecule has 0 unspecified atom stereocenters. The van der Waals surface area contributed by atoms with Gasteiger partial charge in [0, 0.05) is 29.4 Å². The molecule has 0 fully saturated rings. The Morgan fingerprint density at radius 2 is 1.83 bits per heavy atom. The van der Waals surface area contributed by atoms with Gasteiger partial charge in [-0.3, -0.25) is 4.79 Å². The number of hydrogen-bond donors (Lipinski definition) is 1. The minimum absolute atomic E-state index is 0.0152. The number of halogens is 1. The number of oxazole rings is 1. The van der Waals surface area contributed by atoms with E-state index in [2.05, 4.69) is 26.2 Å². The highest BCUT2D eigenvalue weighted by Gasteiger charge is 2.11. The molecule has 0 bridgehead atoms. The summed E-state index contributed by atoms with van der Waals surface area (Å²) in [7, 11) is 3.21. The number of ether oxygens (including phenoxy) is 2. The number of nitrogens with one attached hydrogen (secondary N) is 1. The summed E-state index contributed by atoms with van der Waals surface area (Å²) in [5.41, 5.74) is 2.04. The average Bonchev–Trinajstić information content (AvgIpc) is 3.24. The van der Waals surface area contributed by atoms with Crippen molar-refractivity contribution in [2.24, 2.45) is 0 Å². The maximum Gasteiger partial charge on any atom is 0.220 e. The van der Waals surface area contributed by atoms with E-state index in [-0.39, 0.29) is 5.91 Å². The molecule has 1 amide bonds. The van der Waals surface area contributed by atoms with Crippen molar-refractivity contribution in [1.29, 1.82) is 0 Å². The maximum absolute atomic E-state index is 12.1. The van der Waals surface area contributed by atoms with Crippen LogP contribution in [0.5, 0.6) is 11.5 Å². The van der Waals surface area contributed by atoms with Gasteiger partial charge in [0.2, 0.25) is 5.91 Å². The standard InChI is InChI=1S/C23H25BrN2O4/c1-28-19-13-17(18(24)14-20(19)29-2)11-12-25-22(27)9-6-10-23-26-15-21(30-23)16-7-4-3-5-8-16/h3-5,7-8,13-15H,6,9-12H2,1-2H3,(H,25,27). The van der Waals surface area contributed by atoms with Gasteiger partial charge in [-0.05, 0) is 30.5 Å². The maximum atomic E-state index is 12.1. The highest BCUT2D eigenvalue weighted by atomic mass is 79.9. The van der Waals surface area contributed by atoms with Gasteiger partial charge in [0.25, 0.3) is 0 Å². The summed E-state index contributed by atoms with van der Waals surface area (Å²) in [6.07, 6.45) is 4.15. The lowest BCUT2D eigenvalue weighted by molar-refractivity contribution is -0.121. The molecule has 1 N–H and O–H groups in total. The van der Waals surface area contributed by atoms with Crippen molar-refractivity contribution in [2.75, 3.05) is 20.8 Å². The van der Waals surface area contributed by atoms with E-state index in [1.165, 1.54) is 0 Å². The number of carbonyl (C=O) groups excluding carboxylic acids is 1. The van der Waals surface area contributed by atoms with Crippen LogP contribution in [0.4, 0.5) is 0 Å². The first-order valence-electron chi connectivity index (χ1n) is 9.78. The van der Waals surface area contributed by atoms with E-state index in [4.69, 9.17) is 13.9 Å². The van der Waals surface area contributed by atoms with Gasteiger partial charge in [-0.1, -0.05) is 46.3 Å². The predicted octanol–water partition coefficient (Wildman–Crippen LogP) is 4.80. The zero-order chi connectivity index (χ0) is 21.3. The number of hydrogen-bond acceptors (Lipinski definition) is 5. The van der Waals surface area contributed by atoms with Crippen LogP contribution in [0.15, 0.2) is 57.6 Å². The molecule has 0 saturated heterocycles. The molecule has 1 heterocycles. The Hall–Kier alpha value is -2.80. The molecule has 6 nitrogen and oxygen atoms in total. The molecule has 0 atom stereocenters. The third-order valence-corrected chi connectivity index (χ3v) is 5.41. The number of aromatic nitrogens is 1. The molecule has 1 aromatic heterocycles. The molecule has 158 valence electrons. The zero-order valence-electron chi connectivity index (χ0n) is 17.1. The topological polar surface area (TPSA) is 73.6 Å². The summed E-state index contributed by atoms with van der Waals surface area (Å²) in [6, 6.07) is 13.6. The number of amides is 1. The van der Waals surface area contributed by atoms with E-state index < -0.39 is 0 Å². The van der Waals surface area contributed by atoms with Gasteiger partial charge in [-0.2, -0.15) is 0 Å². The lowest BCUT2D eigenvalue weighted by atomic mass is 10.1. The highest BCUT2D eigenvalue weighted by molar-refractivity contribution is 9.10. The third-order valence-electron chi connectivity index (χ3n) is 4.68. The first kappa shape index (κ1) is 21.9. The van der Waals surface area contributed by atoms with E-state index >= 15 is 0 Å². The lowest BCUT2D eigenvalue weighted by Gasteiger charge is -2.12. The number of methoxy groups -OCH3 is 2. The molecule has 0 saturated carbocycles. The SMILES string of the molecule is COc1cc(Br)c(CCNC(=O)CCCc2ncc(-c3ccccc3)o2)cc1OC. The van der Waals surface area contributed by atoms with Crippen LogP contribution >= 0.6 is 15.9 Å². The first-order valence-corrected chi connectivity index (χ1v) is 10.6. The number of nitrogens with zero attached hydrogens (tertiary/aromatic N) is 1. The molecule has 0 aliphatic carbocycles. The average molecular weight is 473 g/mol. The Morgan fingerprint density at radius 1 is 1.10 bits per heavy atom. The number of rotatable bonds is 10. The molecule has 2 aromatic carbocycles. The van der Waals surface area contributed by atoms with E-state index in [0.29, 0.717) is 49.6 Å². The normalized spacial score (nSPS) is 10.6. The predicted molar refractivity (Wildman–Crippen MR) is 119 cm³/mol. The van der Waals surface area contributed by atoms with Crippen molar-refractivity contribution in [1.82, 2.24) is 10.3 Å². The smallest absolute Gasteiger partial charge is 0.220 e. The Bertz CT molecular complexity index is 973. The molecular weight excluding hydrogens is 448 g/mol. The van der Waals surface area contributed by atoms with Crippen molar-refractivity contribution in [3.8, 4) is 22.8 Å². The number of benzene rings is 2. The van der Waals surface area contributed by atoms with Crippen molar-refractivity contribution < 1.29 is 18.7 Å². The van der Waals surface area contributed by atoms with Crippen LogP contribution in [0.1, 0.15) is 24.3 Å². The Kier molecular flexibility index (Phi) is 7.90. The Labute approximate surface area is 184 Å². The molecule has 30 heavy (non-hydrogen) atoms. The van der Waals surface area contributed by atoms with Gasteiger partial charge in [-0.15, -0.1) is 0 Å². The summed E-state index contributed by atoms with van der Waals surface area (Å²) in [5.74, 6) is 2.75. The molecule has 7 heteroatoms. The number of aryl methyl sites for hydroxylation is 1. The van der Waals surface area contributed by atoms with E-state index in [1.54, 1.807) is 20.4 Å². The van der Waals surface area contributed by atoms with Crippen molar-refractivity contribution in [3.05, 3.63) is 64.6 Å². The van der Waals surface area contributed by atoms with E-state index in [1.807, 2.05) is 42.5 Å². The van der Waals surface area contributed by atoms with Crippen LogP contribution in [0.2, 0.25) is 0 Å². The second-order valence-electron chi connectivity index (χ2n) is 6.74. The van der Waals surface area contributed by atoms with Crippen molar-refractivity contribution in [3.63, 3.8) is 0 Å². The molecule has 0 spiro atoms. The highest BCUT2D eigenvalue weighted by Crippen LogP contribution is 2.33. The molecule has 3 rings (SSSR count). The van der Waals surface area contributed by atoms with Gasteiger partial charge >= 0.3 is 0 Å². The fraction of sp³-hybridized carbons (Fsp3) is 0.304. The molecule has 0 aliphatic heterocycles. The Morgan fingerprint density at radius 3 is 2.57 bits per heavy atom. The van der Waals surface area contributed by atoms with Gasteiger partial charge in [0.05, 0.1) is 20.4 Å². The largest absolute Gasteiger partial charge is 0.493 e. The van der Waals surface area contributed by atoms with Crippen molar-refractivity contribution >= 4 is 21.8 Å². The van der Waals surface area contributed by atoms with Crippen LogP contribution < -0.4 is 14.8 Å². The summed E-state index contributed by atoms with van der Waals surface area (Å²) < 4.78 is 17.3. The fourth-order valence-electron chi connectivity index (χ4n) is 3.07. The van der Waals surface area contributed by atoms with Crippen LogP contribution in [0, 0.1) is 0 Å². The van der Waals surface area contributed by atoms with Crippen LogP contribution in [-0.2, 0) is 17.6 Å². The van der Waals surface area contributed by atoms with Crippen LogP contribution in [0.25, 0.3) is 11.3 Å². The summed E-state index contributed by atoms with van der Waals surface area (Å²) >= 11 is 3.54. The van der Waals surface area contributed by atoms with E-state index in [9.17, 15) is 4.79 Å². The summed E-state index contributed by atoms with van der Waals surface area (Å²) in [5, 5.41) is 2.96. The van der Waals surface area contributed by atoms with Gasteiger partial charge in [0.15, 0.2) is 23.1 Å². The molecule has 0 aliphatic rings. The Balaban J connectivity index is 1.41. The molecule has 0 radical (unpaired) electrons. The minimum Gasteiger partial charge on any atom is -0.493 e. The van der Waals surface area contributed by atoms with Crippen LogP contribution in [0.3, 0.4) is 0 Å². The zero-order valence-corrected chi connectivity index (χ0v) is 18.7. The third kappa shape index (κ3) is 5.86. The first-order chi connectivity index (χ1) is 14.6. The van der Waals surface area contributed by atoms with Crippen molar-refractivity contribution in [2.45, 2.75) is 25.7 Å². The second kappa shape index (κ2) is 10.8. The van der Waals surface area contributed by atoms with E-state index in [0.717, 1.165) is 21.4 Å². The summed E-state index contributed by atoms with van der Waals surface area (Å²) in [6.45, 7) is 0.546. The second-order valence-corrected chi connectivity index (χ2v) is 7.59. The quantitative estimate of drug-likeness (QED) is 0.458. The van der Waals surface area contributed by atoms with Gasteiger partial charge < -0.3 is 19.2 Å². The minimum atomic E-state index is 0.0152. The lowest BCUT2D eigenvalue weighted by Crippen LogP contribution is -2.25. The van der Waals surface area contributed by atoms with Gasteiger partial charge in [-0.25, -0.2) is 4.98 Å². The van der Waals surface area contributed by atoms with Crippen LogP contribution in [-0.4, -0.2) is 31.7 Å². The molecular formula is C23H25BrN2O4. The number of carbonyl (C=O) groups is 1.